The lowest BCUT2D eigenvalue weighted by Gasteiger charge is -2.15. The van der Waals surface area contributed by atoms with Gasteiger partial charge in [-0.1, -0.05) is 0 Å². The molecule has 1 unspecified atom stereocenters. The fourth-order valence-corrected chi connectivity index (χ4v) is 2.85. The Morgan fingerprint density at radius 2 is 2.22 bits per heavy atom. The van der Waals surface area contributed by atoms with Crippen LogP contribution in [0.5, 0.6) is 0 Å². The van der Waals surface area contributed by atoms with Crippen molar-refractivity contribution in [2.24, 2.45) is 11.1 Å². The van der Waals surface area contributed by atoms with E-state index in [1.807, 2.05) is 0 Å². The highest BCUT2D eigenvalue weighted by Crippen LogP contribution is 2.22. The SMILES string of the molecule is NS(=O)(=O)CC1CC(=O)N(c2ccnc(=O)[nH]2)C1. The lowest BCUT2D eigenvalue weighted by molar-refractivity contribution is -0.117. The van der Waals surface area contributed by atoms with Crippen LogP contribution >= 0.6 is 0 Å². The van der Waals surface area contributed by atoms with Crippen LogP contribution in [-0.2, 0) is 14.8 Å². The normalized spacial score (nSPS) is 20.4. The van der Waals surface area contributed by atoms with Gasteiger partial charge in [-0.3, -0.25) is 14.7 Å². The van der Waals surface area contributed by atoms with E-state index in [-0.39, 0.29) is 30.5 Å². The number of hydrogen-bond donors (Lipinski definition) is 2. The van der Waals surface area contributed by atoms with Crippen molar-refractivity contribution < 1.29 is 13.2 Å². The van der Waals surface area contributed by atoms with Crippen molar-refractivity contribution in [3.05, 3.63) is 22.7 Å². The molecular weight excluding hydrogens is 260 g/mol. The van der Waals surface area contributed by atoms with Gasteiger partial charge in [0.15, 0.2) is 0 Å². The molecule has 98 valence electrons. The number of amides is 1. The summed E-state index contributed by atoms with van der Waals surface area (Å²) in [6.07, 6.45) is 1.38. The van der Waals surface area contributed by atoms with Gasteiger partial charge in [-0.25, -0.2) is 23.3 Å². The van der Waals surface area contributed by atoms with E-state index in [1.165, 1.54) is 17.2 Å². The van der Waals surface area contributed by atoms with Crippen molar-refractivity contribution in [3.8, 4) is 0 Å². The first-order valence-corrected chi connectivity index (χ1v) is 6.93. The summed E-state index contributed by atoms with van der Waals surface area (Å²) in [7, 11) is -3.61. The molecule has 1 fully saturated rings. The van der Waals surface area contributed by atoms with Crippen molar-refractivity contribution in [3.63, 3.8) is 0 Å². The molecule has 0 saturated carbocycles. The molecule has 0 bridgehead atoms. The zero-order valence-corrected chi connectivity index (χ0v) is 10.2. The minimum absolute atomic E-state index is 0.0980. The average molecular weight is 272 g/mol. The number of primary sulfonamides is 1. The highest BCUT2D eigenvalue weighted by molar-refractivity contribution is 7.89. The van der Waals surface area contributed by atoms with Gasteiger partial charge in [0, 0.05) is 25.1 Å². The van der Waals surface area contributed by atoms with E-state index in [2.05, 4.69) is 9.97 Å². The monoisotopic (exact) mass is 272 g/mol. The summed E-state index contributed by atoms with van der Waals surface area (Å²) in [5, 5.41) is 4.94. The van der Waals surface area contributed by atoms with Crippen LogP contribution in [-0.4, -0.2) is 36.6 Å². The fraction of sp³-hybridized carbons (Fsp3) is 0.444. The van der Waals surface area contributed by atoms with Gasteiger partial charge < -0.3 is 0 Å². The van der Waals surface area contributed by atoms with E-state index in [0.717, 1.165) is 0 Å². The Kier molecular flexibility index (Phi) is 3.18. The number of nitrogens with zero attached hydrogens (tertiary/aromatic N) is 2. The van der Waals surface area contributed by atoms with Gasteiger partial charge in [-0.05, 0) is 6.07 Å². The Morgan fingerprint density at radius 1 is 1.50 bits per heavy atom. The molecule has 1 saturated heterocycles. The third kappa shape index (κ3) is 2.93. The molecule has 9 heteroatoms. The van der Waals surface area contributed by atoms with Crippen LogP contribution in [0.2, 0.25) is 0 Å². The molecule has 2 heterocycles. The molecule has 1 aliphatic rings. The van der Waals surface area contributed by atoms with Crippen molar-refractivity contribution in [1.82, 2.24) is 9.97 Å². The van der Waals surface area contributed by atoms with Gasteiger partial charge in [-0.2, -0.15) is 0 Å². The topological polar surface area (TPSA) is 126 Å². The van der Waals surface area contributed by atoms with Crippen LogP contribution in [0.15, 0.2) is 17.1 Å². The number of nitrogens with one attached hydrogen (secondary N) is 1. The van der Waals surface area contributed by atoms with E-state index in [9.17, 15) is 18.0 Å². The Bertz CT molecular complexity index is 623. The van der Waals surface area contributed by atoms with Crippen LogP contribution in [0.25, 0.3) is 0 Å². The third-order valence-electron chi connectivity index (χ3n) is 2.62. The molecule has 0 radical (unpaired) electrons. The van der Waals surface area contributed by atoms with Gasteiger partial charge in [-0.15, -0.1) is 0 Å². The molecule has 8 nitrogen and oxygen atoms in total. The lowest BCUT2D eigenvalue weighted by atomic mass is 10.1. The molecule has 3 N–H and O–H groups in total. The number of H-pyrrole nitrogens is 1. The molecular formula is C9H12N4O4S. The van der Waals surface area contributed by atoms with Crippen LogP contribution in [0.1, 0.15) is 6.42 Å². The maximum absolute atomic E-state index is 11.7. The molecule has 1 atom stereocenters. The quantitative estimate of drug-likeness (QED) is 0.686. The second-order valence-corrected chi connectivity index (χ2v) is 5.82. The molecule has 0 spiro atoms. The average Bonchev–Trinajstić information content (AvgIpc) is 2.56. The summed E-state index contributed by atoms with van der Waals surface area (Å²) >= 11 is 0. The Morgan fingerprint density at radius 3 is 2.83 bits per heavy atom. The van der Waals surface area contributed by atoms with Crippen LogP contribution < -0.4 is 15.7 Å². The maximum Gasteiger partial charge on any atom is 0.346 e. The van der Waals surface area contributed by atoms with Gasteiger partial charge in [0.05, 0.1) is 5.75 Å². The number of carbonyl (C=O) groups is 1. The fourth-order valence-electron chi connectivity index (χ4n) is 1.97. The Labute approximate surface area is 103 Å². The van der Waals surface area contributed by atoms with Crippen molar-refractivity contribution >= 4 is 21.7 Å². The van der Waals surface area contributed by atoms with Crippen LogP contribution in [0.3, 0.4) is 0 Å². The molecule has 18 heavy (non-hydrogen) atoms. The molecule has 1 aliphatic heterocycles. The predicted octanol–water partition coefficient (Wildman–Crippen LogP) is -1.59. The van der Waals surface area contributed by atoms with E-state index in [1.54, 1.807) is 0 Å². The minimum atomic E-state index is -3.61. The van der Waals surface area contributed by atoms with E-state index in [0.29, 0.717) is 5.82 Å². The summed E-state index contributed by atoms with van der Waals surface area (Å²) in [6, 6.07) is 1.48. The number of aromatic amines is 1. The predicted molar refractivity (Wildman–Crippen MR) is 63.3 cm³/mol. The second-order valence-electron chi connectivity index (χ2n) is 4.16. The number of anilines is 1. The Balaban J connectivity index is 2.17. The molecule has 0 aromatic carbocycles. The first-order chi connectivity index (χ1) is 8.35. The highest BCUT2D eigenvalue weighted by Gasteiger charge is 2.33. The number of aromatic nitrogens is 2. The van der Waals surface area contributed by atoms with Gasteiger partial charge in [0.1, 0.15) is 5.82 Å². The third-order valence-corrected chi connectivity index (χ3v) is 3.56. The summed E-state index contributed by atoms with van der Waals surface area (Å²) in [6.45, 7) is 0.217. The number of nitrogens with two attached hydrogens (primary N) is 1. The summed E-state index contributed by atoms with van der Waals surface area (Å²) in [4.78, 5) is 30.0. The molecule has 1 aromatic heterocycles. The summed E-state index contributed by atoms with van der Waals surface area (Å²) in [5.74, 6) is -0.531. The number of hydrogen-bond acceptors (Lipinski definition) is 5. The van der Waals surface area contributed by atoms with Crippen molar-refractivity contribution in [2.75, 3.05) is 17.2 Å². The minimum Gasteiger partial charge on any atom is -0.298 e. The zero-order valence-electron chi connectivity index (χ0n) is 9.37. The number of rotatable bonds is 3. The molecule has 0 aliphatic carbocycles. The van der Waals surface area contributed by atoms with Crippen molar-refractivity contribution in [2.45, 2.75) is 6.42 Å². The van der Waals surface area contributed by atoms with Crippen LogP contribution in [0.4, 0.5) is 5.82 Å². The first-order valence-electron chi connectivity index (χ1n) is 5.21. The van der Waals surface area contributed by atoms with Gasteiger partial charge in [0.25, 0.3) is 0 Å². The largest absolute Gasteiger partial charge is 0.346 e. The van der Waals surface area contributed by atoms with E-state index >= 15 is 0 Å². The standard InChI is InChI=1S/C9H12N4O4S/c10-18(16,17)5-6-3-8(14)13(4-6)7-1-2-11-9(15)12-7/h1-2,6H,3-5H2,(H2,10,16,17)(H,11,12,15). The Hall–Kier alpha value is -1.74. The lowest BCUT2D eigenvalue weighted by Crippen LogP contribution is -2.29. The number of sulfonamides is 1. The van der Waals surface area contributed by atoms with E-state index < -0.39 is 15.7 Å². The smallest absolute Gasteiger partial charge is 0.298 e. The first kappa shape index (κ1) is 12.7. The molecule has 1 amide bonds. The maximum atomic E-state index is 11.7. The van der Waals surface area contributed by atoms with Gasteiger partial charge in [0.2, 0.25) is 15.9 Å². The summed E-state index contributed by atoms with van der Waals surface area (Å²) in [5.41, 5.74) is -0.560. The molecule has 2 rings (SSSR count). The highest BCUT2D eigenvalue weighted by atomic mass is 32.2. The van der Waals surface area contributed by atoms with Crippen molar-refractivity contribution in [1.29, 1.82) is 0 Å². The van der Waals surface area contributed by atoms with E-state index in [4.69, 9.17) is 5.14 Å². The second kappa shape index (κ2) is 4.50. The number of carbonyl (C=O) groups excluding carboxylic acids is 1. The molecule has 1 aromatic rings. The van der Waals surface area contributed by atoms with Crippen LogP contribution in [0, 0.1) is 5.92 Å². The van der Waals surface area contributed by atoms with Gasteiger partial charge >= 0.3 is 5.69 Å². The zero-order chi connectivity index (χ0) is 13.3. The summed E-state index contributed by atoms with van der Waals surface area (Å²) < 4.78 is 21.9.